The van der Waals surface area contributed by atoms with Gasteiger partial charge in [-0.05, 0) is 43.0 Å². The Hall–Kier alpha value is -4.78. The number of methoxy groups -OCH3 is 3. The molecule has 0 radical (unpaired) electrons. The molecule has 1 fully saturated rings. The Bertz CT molecular complexity index is 1390. The van der Waals surface area contributed by atoms with Gasteiger partial charge in [-0.15, -0.1) is 0 Å². The molecule has 4 rings (SSSR count). The molecule has 202 valence electrons. The first kappa shape index (κ1) is 27.3. The van der Waals surface area contributed by atoms with E-state index in [1.165, 1.54) is 26.2 Å². The molecular formula is C29H30N4O6. The summed E-state index contributed by atoms with van der Waals surface area (Å²) >= 11 is 0. The van der Waals surface area contributed by atoms with Crippen molar-refractivity contribution in [2.24, 2.45) is 5.73 Å². The van der Waals surface area contributed by atoms with Crippen molar-refractivity contribution in [1.29, 1.82) is 5.26 Å². The number of carbonyl (C=O) groups excluding carboxylic acids is 3. The topological polar surface area (TPSA) is 135 Å². The maximum absolute atomic E-state index is 13.4. The molecule has 2 aliphatic heterocycles. The van der Waals surface area contributed by atoms with E-state index >= 15 is 0 Å². The highest BCUT2D eigenvalue weighted by Crippen LogP contribution is 2.45. The second-order valence-electron chi connectivity index (χ2n) is 9.08. The van der Waals surface area contributed by atoms with Crippen LogP contribution in [0.5, 0.6) is 0 Å². The van der Waals surface area contributed by atoms with E-state index in [-0.39, 0.29) is 22.7 Å². The Balaban J connectivity index is 2.06. The van der Waals surface area contributed by atoms with Crippen molar-refractivity contribution < 1.29 is 28.6 Å². The Morgan fingerprint density at radius 2 is 1.51 bits per heavy atom. The van der Waals surface area contributed by atoms with Crippen LogP contribution < -0.4 is 15.5 Å². The van der Waals surface area contributed by atoms with Crippen LogP contribution in [-0.4, -0.2) is 52.3 Å². The number of ether oxygens (including phenoxy) is 3. The molecule has 10 nitrogen and oxygen atoms in total. The van der Waals surface area contributed by atoms with Crippen molar-refractivity contribution in [1.82, 2.24) is 0 Å². The lowest BCUT2D eigenvalue weighted by molar-refractivity contribution is -0.139. The van der Waals surface area contributed by atoms with Gasteiger partial charge in [0.2, 0.25) is 0 Å². The number of carbonyl (C=O) groups is 3. The highest BCUT2D eigenvalue weighted by molar-refractivity contribution is 6.07. The van der Waals surface area contributed by atoms with Crippen LogP contribution in [0.2, 0.25) is 0 Å². The van der Waals surface area contributed by atoms with Crippen LogP contribution in [0.15, 0.2) is 71.2 Å². The number of nitrogens with zero attached hydrogens (tertiary/aromatic N) is 3. The maximum Gasteiger partial charge on any atom is 0.355 e. The lowest BCUT2D eigenvalue weighted by atomic mass is 9.81. The Morgan fingerprint density at radius 3 is 2.10 bits per heavy atom. The summed E-state index contributed by atoms with van der Waals surface area (Å²) in [5, 5.41) is 10.3. The van der Waals surface area contributed by atoms with Gasteiger partial charge in [-0.2, -0.15) is 5.26 Å². The van der Waals surface area contributed by atoms with Crippen LogP contribution in [0.4, 0.5) is 11.4 Å². The molecular weight excluding hydrogens is 500 g/mol. The number of piperidine rings is 1. The predicted molar refractivity (Wildman–Crippen MR) is 143 cm³/mol. The number of nitrogens with two attached hydrogens (primary N) is 1. The van der Waals surface area contributed by atoms with Gasteiger partial charge in [-0.1, -0.05) is 30.3 Å². The number of rotatable bonds is 6. The van der Waals surface area contributed by atoms with Crippen molar-refractivity contribution in [2.75, 3.05) is 44.2 Å². The van der Waals surface area contributed by atoms with E-state index in [4.69, 9.17) is 19.9 Å². The Labute approximate surface area is 226 Å². The van der Waals surface area contributed by atoms with E-state index in [9.17, 15) is 19.6 Å². The number of allylic oxidation sites excluding steroid dienone is 1. The summed E-state index contributed by atoms with van der Waals surface area (Å²) in [5.74, 6) is -3.17. The van der Waals surface area contributed by atoms with E-state index in [2.05, 4.69) is 11.0 Å². The predicted octanol–water partition coefficient (Wildman–Crippen LogP) is 3.36. The van der Waals surface area contributed by atoms with Gasteiger partial charge >= 0.3 is 17.9 Å². The molecule has 2 N–H and O–H groups in total. The molecule has 0 saturated carbocycles. The Morgan fingerprint density at radius 1 is 0.872 bits per heavy atom. The van der Waals surface area contributed by atoms with Gasteiger partial charge in [0.15, 0.2) is 0 Å². The fourth-order valence-electron chi connectivity index (χ4n) is 5.11. The molecule has 0 bridgehead atoms. The van der Waals surface area contributed by atoms with Crippen LogP contribution in [0, 0.1) is 11.3 Å². The number of nitriles is 1. The van der Waals surface area contributed by atoms with Crippen molar-refractivity contribution >= 4 is 29.3 Å². The van der Waals surface area contributed by atoms with Crippen LogP contribution in [0.3, 0.4) is 0 Å². The molecule has 0 aromatic heterocycles. The van der Waals surface area contributed by atoms with E-state index in [0.717, 1.165) is 19.3 Å². The largest absolute Gasteiger partial charge is 0.466 e. The maximum atomic E-state index is 13.4. The van der Waals surface area contributed by atoms with Gasteiger partial charge in [-0.25, -0.2) is 14.4 Å². The first-order chi connectivity index (χ1) is 18.9. The van der Waals surface area contributed by atoms with Crippen LogP contribution in [0.1, 0.15) is 41.1 Å². The SMILES string of the molecule is COC(=O)C1=C(C(=O)OC)N(c2ccc(C(=O)OC)cc2N2CCCCC2)C(N)=C(C#N)C1c1ccccc1. The van der Waals surface area contributed by atoms with Gasteiger partial charge in [0, 0.05) is 13.1 Å². The summed E-state index contributed by atoms with van der Waals surface area (Å²) in [5.41, 5.74) is 8.39. The lowest BCUT2D eigenvalue weighted by Gasteiger charge is -2.39. The molecule has 0 aliphatic carbocycles. The lowest BCUT2D eigenvalue weighted by Crippen LogP contribution is -2.42. The molecule has 10 heteroatoms. The summed E-state index contributed by atoms with van der Waals surface area (Å²) in [6.45, 7) is 1.40. The molecule has 1 saturated heterocycles. The van der Waals surface area contributed by atoms with E-state index < -0.39 is 23.8 Å². The van der Waals surface area contributed by atoms with Crippen LogP contribution in [-0.2, 0) is 23.8 Å². The summed E-state index contributed by atoms with van der Waals surface area (Å²) in [7, 11) is 3.70. The van der Waals surface area contributed by atoms with Crippen LogP contribution in [0.25, 0.3) is 0 Å². The van der Waals surface area contributed by atoms with E-state index in [0.29, 0.717) is 35.6 Å². The van der Waals surface area contributed by atoms with Crippen molar-refractivity contribution in [3.63, 3.8) is 0 Å². The summed E-state index contributed by atoms with van der Waals surface area (Å²) < 4.78 is 15.2. The van der Waals surface area contributed by atoms with Crippen molar-refractivity contribution in [3.8, 4) is 6.07 Å². The van der Waals surface area contributed by atoms with Gasteiger partial charge in [0.05, 0.1) is 61.4 Å². The van der Waals surface area contributed by atoms with Crippen LogP contribution >= 0.6 is 0 Å². The third-order valence-electron chi connectivity index (χ3n) is 6.94. The highest BCUT2D eigenvalue weighted by Gasteiger charge is 2.43. The second kappa shape index (κ2) is 11.7. The molecule has 1 unspecified atom stereocenters. The van der Waals surface area contributed by atoms with Gasteiger partial charge in [0.1, 0.15) is 11.5 Å². The molecule has 2 aromatic carbocycles. The monoisotopic (exact) mass is 530 g/mol. The molecule has 2 aliphatic rings. The number of hydrogen-bond donors (Lipinski definition) is 1. The first-order valence-electron chi connectivity index (χ1n) is 12.5. The number of esters is 3. The van der Waals surface area contributed by atoms with E-state index in [1.54, 1.807) is 48.5 Å². The summed E-state index contributed by atoms with van der Waals surface area (Å²) in [6.07, 6.45) is 2.92. The normalized spacial score (nSPS) is 17.4. The summed E-state index contributed by atoms with van der Waals surface area (Å²) in [4.78, 5) is 42.6. The zero-order valence-electron chi connectivity index (χ0n) is 22.1. The molecule has 0 amide bonds. The number of hydrogen-bond acceptors (Lipinski definition) is 10. The Kier molecular flexibility index (Phi) is 8.20. The molecule has 2 heterocycles. The fraction of sp³-hybridized carbons (Fsp3) is 0.310. The molecule has 1 atom stereocenters. The minimum absolute atomic E-state index is 0.0384. The van der Waals surface area contributed by atoms with Gasteiger partial charge < -0.3 is 24.8 Å². The van der Waals surface area contributed by atoms with Crippen molar-refractivity contribution in [2.45, 2.75) is 25.2 Å². The smallest absolute Gasteiger partial charge is 0.355 e. The van der Waals surface area contributed by atoms with Gasteiger partial charge in [-0.3, -0.25) is 4.90 Å². The first-order valence-corrected chi connectivity index (χ1v) is 12.5. The summed E-state index contributed by atoms with van der Waals surface area (Å²) in [6, 6.07) is 15.8. The second-order valence-corrected chi connectivity index (χ2v) is 9.08. The molecule has 39 heavy (non-hydrogen) atoms. The standard InChI is InChI=1S/C29H30N4O6/c1-37-27(34)19-12-13-21(22(16-19)32-14-8-5-9-15-32)33-25(29(36)39-3)24(28(35)38-2)23(20(17-30)26(33)31)18-10-6-4-7-11-18/h4,6-7,10-13,16,23H,5,8-9,14-15,31H2,1-3H3. The van der Waals surface area contributed by atoms with Crippen molar-refractivity contribution in [3.05, 3.63) is 82.3 Å². The fourth-order valence-corrected chi connectivity index (χ4v) is 5.11. The zero-order valence-corrected chi connectivity index (χ0v) is 22.1. The van der Waals surface area contributed by atoms with E-state index in [1.807, 2.05) is 0 Å². The molecule has 2 aromatic rings. The quantitative estimate of drug-likeness (QED) is 0.437. The number of anilines is 2. The van der Waals surface area contributed by atoms with Gasteiger partial charge in [0.25, 0.3) is 0 Å². The zero-order chi connectivity index (χ0) is 28.1. The third kappa shape index (κ3) is 5.03. The third-order valence-corrected chi connectivity index (χ3v) is 6.94. The minimum atomic E-state index is -0.971. The highest BCUT2D eigenvalue weighted by atomic mass is 16.5. The average Bonchev–Trinajstić information content (AvgIpc) is 2.99. The number of benzene rings is 2. The average molecular weight is 531 g/mol. The molecule has 0 spiro atoms. The minimum Gasteiger partial charge on any atom is -0.466 e.